The van der Waals surface area contributed by atoms with Gasteiger partial charge in [0.15, 0.2) is 0 Å². The van der Waals surface area contributed by atoms with Gasteiger partial charge in [0.05, 0.1) is 33.1 Å². The van der Waals surface area contributed by atoms with E-state index in [1.807, 2.05) is 18.5 Å². The number of aromatic nitrogens is 4. The van der Waals surface area contributed by atoms with Crippen LogP contribution in [0.5, 0.6) is 11.5 Å². The Morgan fingerprint density at radius 2 is 1.24 bits per heavy atom. The molecular weight excluding hydrogens is 552 g/mol. The first-order chi connectivity index (χ1) is 21.9. The Morgan fingerprint density at radius 3 is 2.09 bits per heavy atom. The van der Waals surface area contributed by atoms with Crippen molar-refractivity contribution < 1.29 is 4.74 Å². The summed E-state index contributed by atoms with van der Waals surface area (Å²) in [5, 5.41) is 5.77. The Kier molecular flexibility index (Phi) is 5.39. The van der Waals surface area contributed by atoms with E-state index in [9.17, 15) is 0 Å². The van der Waals surface area contributed by atoms with Gasteiger partial charge in [0, 0.05) is 45.4 Å². The molecule has 9 aromatic rings. The molecule has 4 aromatic carbocycles. The number of hydrogen-bond donors (Lipinski definition) is 0. The molecule has 45 heavy (non-hydrogen) atoms. The molecule has 9 rings (SSSR count). The molecule has 0 bridgehead atoms. The third kappa shape index (κ3) is 3.94. The van der Waals surface area contributed by atoms with Gasteiger partial charge in [-0.25, -0.2) is 4.98 Å². The molecule has 0 aliphatic carbocycles. The molecule has 5 heteroatoms. The van der Waals surface area contributed by atoms with Crippen LogP contribution in [-0.4, -0.2) is 18.9 Å². The zero-order chi connectivity index (χ0) is 30.3. The Balaban J connectivity index is 1.21. The third-order valence-corrected chi connectivity index (χ3v) is 8.98. The van der Waals surface area contributed by atoms with Crippen LogP contribution < -0.4 is 4.74 Å². The molecule has 0 aliphatic rings. The number of nitrogens with zero attached hydrogens (tertiary/aromatic N) is 4. The predicted molar refractivity (Wildman–Crippen MR) is 185 cm³/mol. The summed E-state index contributed by atoms with van der Waals surface area (Å²) < 4.78 is 11.2. The van der Waals surface area contributed by atoms with Crippen LogP contribution in [0.1, 0.15) is 26.3 Å². The van der Waals surface area contributed by atoms with E-state index >= 15 is 0 Å². The van der Waals surface area contributed by atoms with Gasteiger partial charge in [-0.1, -0.05) is 57.2 Å². The summed E-state index contributed by atoms with van der Waals surface area (Å²) in [5.41, 5.74) is 7.80. The molecule has 5 aromatic heterocycles. The van der Waals surface area contributed by atoms with Crippen molar-refractivity contribution in [1.82, 2.24) is 18.9 Å². The number of para-hydroxylation sites is 2. The van der Waals surface area contributed by atoms with Gasteiger partial charge in [-0.3, -0.25) is 9.55 Å². The SMILES string of the molecule is CC(C)(C)c1ccnc(-n2c3ccccc3c3ccc(Oc4ccc5c(c4)c4ncccc4n4c6ccccc6cc54)cc32)c1. The van der Waals surface area contributed by atoms with Gasteiger partial charge in [0.2, 0.25) is 0 Å². The van der Waals surface area contributed by atoms with Gasteiger partial charge in [-0.15, -0.1) is 0 Å². The number of ether oxygens (including phenoxy) is 1. The van der Waals surface area contributed by atoms with Crippen LogP contribution in [0.3, 0.4) is 0 Å². The second kappa shape index (κ2) is 9.41. The van der Waals surface area contributed by atoms with E-state index in [0.29, 0.717) is 0 Å². The van der Waals surface area contributed by atoms with E-state index in [-0.39, 0.29) is 5.41 Å². The molecule has 0 saturated heterocycles. The number of benzene rings is 4. The molecule has 0 N–H and O–H groups in total. The van der Waals surface area contributed by atoms with Gasteiger partial charge in [-0.05, 0) is 83.8 Å². The summed E-state index contributed by atoms with van der Waals surface area (Å²) in [6.45, 7) is 6.70. The van der Waals surface area contributed by atoms with Crippen LogP contribution in [0.2, 0.25) is 0 Å². The first-order valence-electron chi connectivity index (χ1n) is 15.3. The summed E-state index contributed by atoms with van der Waals surface area (Å²) in [6, 6.07) is 40.4. The van der Waals surface area contributed by atoms with Crippen molar-refractivity contribution in [3.63, 3.8) is 0 Å². The van der Waals surface area contributed by atoms with Gasteiger partial charge < -0.3 is 9.14 Å². The maximum atomic E-state index is 6.61. The zero-order valence-electron chi connectivity index (χ0n) is 25.3. The topological polar surface area (TPSA) is 44.3 Å². The minimum absolute atomic E-state index is 0.0129. The number of pyridine rings is 3. The average molecular weight is 583 g/mol. The van der Waals surface area contributed by atoms with Crippen LogP contribution in [0.25, 0.3) is 65.8 Å². The summed E-state index contributed by atoms with van der Waals surface area (Å²) in [7, 11) is 0. The fraction of sp³-hybridized carbons (Fsp3) is 0.100. The summed E-state index contributed by atoms with van der Waals surface area (Å²) in [6.07, 6.45) is 3.78. The average Bonchev–Trinajstić information content (AvgIpc) is 3.61. The van der Waals surface area contributed by atoms with Crippen LogP contribution in [0, 0.1) is 0 Å². The lowest BCUT2D eigenvalue weighted by atomic mass is 9.88. The lowest BCUT2D eigenvalue weighted by Crippen LogP contribution is -2.12. The Bertz CT molecular complexity index is 2620. The summed E-state index contributed by atoms with van der Waals surface area (Å²) >= 11 is 0. The molecule has 0 spiro atoms. The molecule has 0 radical (unpaired) electrons. The quantitative estimate of drug-likeness (QED) is 0.195. The van der Waals surface area contributed by atoms with E-state index < -0.39 is 0 Å². The molecule has 5 nitrogen and oxygen atoms in total. The van der Waals surface area contributed by atoms with Crippen molar-refractivity contribution in [2.45, 2.75) is 26.2 Å². The van der Waals surface area contributed by atoms with Crippen molar-refractivity contribution in [3.05, 3.63) is 133 Å². The van der Waals surface area contributed by atoms with Gasteiger partial charge in [0.1, 0.15) is 17.3 Å². The fourth-order valence-electron chi connectivity index (χ4n) is 6.81. The summed E-state index contributed by atoms with van der Waals surface area (Å²) in [4.78, 5) is 9.67. The monoisotopic (exact) mass is 582 g/mol. The highest BCUT2D eigenvalue weighted by atomic mass is 16.5. The van der Waals surface area contributed by atoms with E-state index in [2.05, 4.69) is 139 Å². The Hall–Kier alpha value is -5.68. The van der Waals surface area contributed by atoms with Crippen molar-refractivity contribution in [2.24, 2.45) is 0 Å². The number of rotatable bonds is 3. The number of fused-ring (bicyclic) bond motifs is 11. The maximum Gasteiger partial charge on any atom is 0.137 e. The smallest absolute Gasteiger partial charge is 0.137 e. The molecule has 0 unspecified atom stereocenters. The molecule has 216 valence electrons. The lowest BCUT2D eigenvalue weighted by molar-refractivity contribution is 0.484. The van der Waals surface area contributed by atoms with Crippen LogP contribution >= 0.6 is 0 Å². The van der Waals surface area contributed by atoms with E-state index in [0.717, 1.165) is 61.1 Å². The largest absolute Gasteiger partial charge is 0.457 e. The molecule has 0 aliphatic heterocycles. The standard InChI is InChI=1S/C40H30N4O/c1-40(2,3)26-18-20-41-38(22-26)44-34-12-7-5-10-29(34)30-16-15-28(24-37(30)44)45-27-14-17-31-32(23-27)39-35(13-8-19-42-39)43-33-11-6-4-9-25(33)21-36(31)43/h4-24H,1-3H3. The first kappa shape index (κ1) is 25.8. The van der Waals surface area contributed by atoms with Crippen LogP contribution in [-0.2, 0) is 5.41 Å². The van der Waals surface area contributed by atoms with Crippen molar-refractivity contribution in [3.8, 4) is 17.3 Å². The lowest BCUT2D eigenvalue weighted by Gasteiger charge is -2.20. The fourth-order valence-corrected chi connectivity index (χ4v) is 6.81. The molecule has 0 saturated carbocycles. The molecule has 0 atom stereocenters. The van der Waals surface area contributed by atoms with Crippen molar-refractivity contribution >= 4 is 60.0 Å². The van der Waals surface area contributed by atoms with E-state index in [4.69, 9.17) is 14.7 Å². The highest BCUT2D eigenvalue weighted by molar-refractivity contribution is 6.14. The third-order valence-electron chi connectivity index (χ3n) is 8.98. The van der Waals surface area contributed by atoms with E-state index in [1.54, 1.807) is 0 Å². The Labute approximate surface area is 260 Å². The second-order valence-electron chi connectivity index (χ2n) is 12.8. The van der Waals surface area contributed by atoms with Gasteiger partial charge in [0.25, 0.3) is 0 Å². The van der Waals surface area contributed by atoms with Gasteiger partial charge in [-0.2, -0.15) is 0 Å². The van der Waals surface area contributed by atoms with Crippen LogP contribution in [0.4, 0.5) is 0 Å². The predicted octanol–water partition coefficient (Wildman–Crippen LogP) is 10.4. The first-order valence-corrected chi connectivity index (χ1v) is 15.3. The minimum Gasteiger partial charge on any atom is -0.457 e. The highest BCUT2D eigenvalue weighted by Gasteiger charge is 2.19. The van der Waals surface area contributed by atoms with Gasteiger partial charge >= 0.3 is 0 Å². The minimum atomic E-state index is 0.0129. The molecule has 0 fully saturated rings. The number of hydrogen-bond acceptors (Lipinski definition) is 3. The zero-order valence-corrected chi connectivity index (χ0v) is 25.3. The molecule has 5 heterocycles. The van der Waals surface area contributed by atoms with Crippen LogP contribution in [0.15, 0.2) is 128 Å². The maximum absolute atomic E-state index is 6.61. The summed E-state index contributed by atoms with van der Waals surface area (Å²) in [5.74, 6) is 2.44. The van der Waals surface area contributed by atoms with E-state index in [1.165, 1.54) is 21.9 Å². The second-order valence-corrected chi connectivity index (χ2v) is 12.8. The normalized spacial score (nSPS) is 12.3. The highest BCUT2D eigenvalue weighted by Crippen LogP contribution is 2.38. The molecule has 0 amide bonds. The van der Waals surface area contributed by atoms with Crippen molar-refractivity contribution in [1.29, 1.82) is 0 Å². The molecular formula is C40H30N4O. The van der Waals surface area contributed by atoms with Crippen molar-refractivity contribution in [2.75, 3.05) is 0 Å². The Morgan fingerprint density at radius 1 is 0.533 bits per heavy atom.